The predicted octanol–water partition coefficient (Wildman–Crippen LogP) is 2.35. The van der Waals surface area contributed by atoms with Crippen LogP contribution in [0.2, 0.25) is 0 Å². The molecule has 26 heavy (non-hydrogen) atoms. The minimum absolute atomic E-state index is 0.0145. The number of benzene rings is 2. The molecule has 0 unspecified atom stereocenters. The highest BCUT2D eigenvalue weighted by atomic mass is 32.2. The van der Waals surface area contributed by atoms with Crippen LogP contribution in [0.5, 0.6) is 11.5 Å². The summed E-state index contributed by atoms with van der Waals surface area (Å²) < 4.78 is 50.7. The van der Waals surface area contributed by atoms with Gasteiger partial charge in [0.2, 0.25) is 10.0 Å². The zero-order valence-corrected chi connectivity index (χ0v) is 15.5. The molecule has 1 heterocycles. The molecule has 2 aromatic carbocycles. The van der Waals surface area contributed by atoms with Crippen molar-refractivity contribution in [1.29, 1.82) is 0 Å². The summed E-state index contributed by atoms with van der Waals surface area (Å²) in [7, 11) is -0.801. The number of piperazine rings is 1. The van der Waals surface area contributed by atoms with E-state index in [1.54, 1.807) is 7.11 Å². The monoisotopic (exact) mass is 380 g/mol. The van der Waals surface area contributed by atoms with E-state index in [1.807, 2.05) is 24.3 Å². The number of ether oxygens (including phenoxy) is 2. The van der Waals surface area contributed by atoms with E-state index in [0.29, 0.717) is 26.2 Å². The van der Waals surface area contributed by atoms with Crippen molar-refractivity contribution in [3.05, 3.63) is 48.3 Å². The minimum Gasteiger partial charge on any atom is -0.497 e. The fourth-order valence-corrected chi connectivity index (χ4v) is 4.53. The third-order valence-corrected chi connectivity index (χ3v) is 6.36. The van der Waals surface area contributed by atoms with Crippen LogP contribution in [0.3, 0.4) is 0 Å². The molecule has 0 amide bonds. The van der Waals surface area contributed by atoms with Crippen molar-refractivity contribution in [2.24, 2.45) is 0 Å². The third-order valence-electron chi connectivity index (χ3n) is 4.42. The predicted molar refractivity (Wildman–Crippen MR) is 96.9 cm³/mol. The van der Waals surface area contributed by atoms with Crippen molar-refractivity contribution in [2.75, 3.05) is 45.3 Å². The van der Waals surface area contributed by atoms with Crippen molar-refractivity contribution in [3.63, 3.8) is 0 Å². The Morgan fingerprint density at radius 2 is 1.58 bits per heavy atom. The molecule has 0 spiro atoms. The Labute approximate surface area is 152 Å². The van der Waals surface area contributed by atoms with Gasteiger partial charge in [-0.2, -0.15) is 4.31 Å². The fourth-order valence-electron chi connectivity index (χ4n) is 2.97. The largest absolute Gasteiger partial charge is 0.497 e. The first-order valence-corrected chi connectivity index (χ1v) is 9.62. The lowest BCUT2D eigenvalue weighted by Crippen LogP contribution is -2.48. The fraction of sp³-hybridized carbons (Fsp3) is 0.333. The molecule has 0 saturated carbocycles. The topological polar surface area (TPSA) is 59.1 Å². The first kappa shape index (κ1) is 18.5. The maximum absolute atomic E-state index is 13.4. The Hall–Kier alpha value is -2.32. The van der Waals surface area contributed by atoms with Gasteiger partial charge in [-0.1, -0.05) is 0 Å². The lowest BCUT2D eigenvalue weighted by molar-refractivity contribution is 0.373. The molecular weight excluding hydrogens is 359 g/mol. The SMILES string of the molecule is COc1ccc(N2CCN(S(=O)(=O)c3ccc(F)cc3OC)CC2)cc1. The van der Waals surface area contributed by atoms with Crippen LogP contribution in [-0.4, -0.2) is 53.1 Å². The highest BCUT2D eigenvalue weighted by Gasteiger charge is 2.31. The number of nitrogens with zero attached hydrogens (tertiary/aromatic N) is 2. The van der Waals surface area contributed by atoms with Crippen LogP contribution in [-0.2, 0) is 10.0 Å². The Bertz CT molecular complexity index is 863. The van der Waals surface area contributed by atoms with Crippen molar-refractivity contribution in [1.82, 2.24) is 4.31 Å². The average Bonchev–Trinajstić information content (AvgIpc) is 2.68. The van der Waals surface area contributed by atoms with E-state index in [1.165, 1.54) is 17.5 Å². The zero-order chi connectivity index (χ0) is 18.7. The Kier molecular flexibility index (Phi) is 5.33. The van der Waals surface area contributed by atoms with Crippen molar-refractivity contribution in [2.45, 2.75) is 4.90 Å². The third kappa shape index (κ3) is 3.61. The van der Waals surface area contributed by atoms with E-state index in [2.05, 4.69) is 4.90 Å². The number of methoxy groups -OCH3 is 2. The smallest absolute Gasteiger partial charge is 0.246 e. The number of hydrogen-bond donors (Lipinski definition) is 0. The average molecular weight is 380 g/mol. The number of hydrogen-bond acceptors (Lipinski definition) is 5. The summed E-state index contributed by atoms with van der Waals surface area (Å²) in [5.41, 5.74) is 1.02. The van der Waals surface area contributed by atoms with Gasteiger partial charge >= 0.3 is 0 Å². The van der Waals surface area contributed by atoms with Gasteiger partial charge in [0, 0.05) is 37.9 Å². The Balaban J connectivity index is 1.74. The van der Waals surface area contributed by atoms with Crippen LogP contribution in [0.15, 0.2) is 47.4 Å². The molecule has 2 aromatic rings. The first-order chi connectivity index (χ1) is 12.5. The van der Waals surface area contributed by atoms with Crippen LogP contribution in [0, 0.1) is 5.82 Å². The molecule has 140 valence electrons. The van der Waals surface area contributed by atoms with Gasteiger partial charge in [0.15, 0.2) is 0 Å². The summed E-state index contributed by atoms with van der Waals surface area (Å²) in [6, 6.07) is 11.1. The van der Waals surface area contributed by atoms with Gasteiger partial charge in [-0.3, -0.25) is 0 Å². The van der Waals surface area contributed by atoms with Crippen molar-refractivity contribution >= 4 is 15.7 Å². The summed E-state index contributed by atoms with van der Waals surface area (Å²) in [6.45, 7) is 1.81. The lowest BCUT2D eigenvalue weighted by Gasteiger charge is -2.35. The molecule has 0 radical (unpaired) electrons. The molecule has 0 aliphatic carbocycles. The van der Waals surface area contributed by atoms with Gasteiger partial charge in [0.1, 0.15) is 22.2 Å². The quantitative estimate of drug-likeness (QED) is 0.797. The molecule has 1 fully saturated rings. The number of rotatable bonds is 5. The van der Waals surface area contributed by atoms with E-state index < -0.39 is 15.8 Å². The van der Waals surface area contributed by atoms with Crippen molar-refractivity contribution in [3.8, 4) is 11.5 Å². The molecule has 0 bridgehead atoms. The van der Waals surface area contributed by atoms with Crippen LogP contribution in [0.1, 0.15) is 0 Å². The van der Waals surface area contributed by atoms with E-state index in [-0.39, 0.29) is 10.6 Å². The molecule has 1 aliphatic rings. The van der Waals surface area contributed by atoms with Gasteiger partial charge in [-0.15, -0.1) is 0 Å². The molecule has 0 aromatic heterocycles. The molecule has 1 aliphatic heterocycles. The van der Waals surface area contributed by atoms with Gasteiger partial charge in [-0.25, -0.2) is 12.8 Å². The zero-order valence-electron chi connectivity index (χ0n) is 14.7. The molecule has 3 rings (SSSR count). The summed E-state index contributed by atoms with van der Waals surface area (Å²) in [5, 5.41) is 0. The molecule has 1 saturated heterocycles. The summed E-state index contributed by atoms with van der Waals surface area (Å²) >= 11 is 0. The number of anilines is 1. The maximum Gasteiger partial charge on any atom is 0.246 e. The Morgan fingerprint density at radius 1 is 0.923 bits per heavy atom. The second-order valence-electron chi connectivity index (χ2n) is 5.88. The van der Waals surface area contributed by atoms with Crippen LogP contribution in [0.4, 0.5) is 10.1 Å². The van der Waals surface area contributed by atoms with Gasteiger partial charge in [0.05, 0.1) is 14.2 Å². The Morgan fingerprint density at radius 3 is 2.15 bits per heavy atom. The van der Waals surface area contributed by atoms with E-state index in [0.717, 1.165) is 23.6 Å². The highest BCUT2D eigenvalue weighted by molar-refractivity contribution is 7.89. The van der Waals surface area contributed by atoms with E-state index >= 15 is 0 Å². The van der Waals surface area contributed by atoms with Crippen LogP contribution >= 0.6 is 0 Å². The van der Waals surface area contributed by atoms with Crippen LogP contribution < -0.4 is 14.4 Å². The van der Waals surface area contributed by atoms with Gasteiger partial charge in [0.25, 0.3) is 0 Å². The summed E-state index contributed by atoms with van der Waals surface area (Å²) in [5.74, 6) is 0.256. The van der Waals surface area contributed by atoms with Gasteiger partial charge < -0.3 is 14.4 Å². The second-order valence-corrected chi connectivity index (χ2v) is 7.79. The highest BCUT2D eigenvalue weighted by Crippen LogP contribution is 2.29. The molecule has 8 heteroatoms. The lowest BCUT2D eigenvalue weighted by atomic mass is 10.2. The molecule has 0 N–H and O–H groups in total. The summed E-state index contributed by atoms with van der Waals surface area (Å²) in [4.78, 5) is 2.10. The number of sulfonamides is 1. The normalized spacial score (nSPS) is 15.7. The minimum atomic E-state index is -3.74. The molecule has 6 nitrogen and oxygen atoms in total. The standard InChI is InChI=1S/C18H21FN2O4S/c1-24-16-6-4-15(5-7-16)20-9-11-21(12-10-20)26(22,23)18-8-3-14(19)13-17(18)25-2/h3-8,13H,9-12H2,1-2H3. The maximum atomic E-state index is 13.4. The summed E-state index contributed by atoms with van der Waals surface area (Å²) in [6.07, 6.45) is 0. The van der Waals surface area contributed by atoms with E-state index in [9.17, 15) is 12.8 Å². The van der Waals surface area contributed by atoms with Crippen molar-refractivity contribution < 1.29 is 22.3 Å². The van der Waals surface area contributed by atoms with Crippen LogP contribution in [0.25, 0.3) is 0 Å². The van der Waals surface area contributed by atoms with Gasteiger partial charge in [-0.05, 0) is 36.4 Å². The first-order valence-electron chi connectivity index (χ1n) is 8.18. The van der Waals surface area contributed by atoms with E-state index in [4.69, 9.17) is 9.47 Å². The molecular formula is C18H21FN2O4S. The second kappa shape index (κ2) is 7.51. The molecule has 0 atom stereocenters. The number of halogens is 1.